The van der Waals surface area contributed by atoms with E-state index in [1.165, 1.54) is 4.90 Å². The Balaban J connectivity index is 1.85. The average molecular weight is 656 g/mol. The van der Waals surface area contributed by atoms with Gasteiger partial charge in [0.15, 0.2) is 0 Å². The van der Waals surface area contributed by atoms with Gasteiger partial charge < -0.3 is 15.0 Å². The Kier molecular flexibility index (Phi) is 11.1. The fraction of sp³-hybridized carbons (Fsp3) is 0.316. The van der Waals surface area contributed by atoms with Gasteiger partial charge in [-0.25, -0.2) is 8.42 Å². The van der Waals surface area contributed by atoms with E-state index in [-0.39, 0.29) is 23.8 Å². The van der Waals surface area contributed by atoms with Gasteiger partial charge in [-0.05, 0) is 100 Å². The quantitative estimate of drug-likeness (QED) is 0.191. The number of rotatable bonds is 12. The molecule has 4 aromatic rings. The summed E-state index contributed by atoms with van der Waals surface area (Å²) in [6, 6.07) is 27.9. The number of carbonyl (C=O) groups excluding carboxylic acids is 2. The summed E-state index contributed by atoms with van der Waals surface area (Å²) in [6.07, 6.45) is 0.229. The summed E-state index contributed by atoms with van der Waals surface area (Å²) in [4.78, 5) is 30.3. The smallest absolute Gasteiger partial charge is 0.264 e. The first-order chi connectivity index (χ1) is 22.2. The van der Waals surface area contributed by atoms with E-state index in [2.05, 4.69) is 5.32 Å². The molecule has 1 N–H and O–H groups in total. The Hall–Kier alpha value is -4.63. The molecule has 9 heteroatoms. The number of hydrogen-bond acceptors (Lipinski definition) is 5. The van der Waals surface area contributed by atoms with Crippen LogP contribution in [0.3, 0.4) is 0 Å². The van der Waals surface area contributed by atoms with Crippen LogP contribution in [0, 0.1) is 20.8 Å². The van der Waals surface area contributed by atoms with Crippen LogP contribution in [-0.2, 0) is 32.6 Å². The number of carbonyl (C=O) groups is 2. The molecule has 4 rings (SSSR count). The molecule has 0 fully saturated rings. The molecule has 0 aliphatic heterocycles. The molecule has 1 unspecified atom stereocenters. The molecule has 0 bridgehead atoms. The topological polar surface area (TPSA) is 96.0 Å². The van der Waals surface area contributed by atoms with Gasteiger partial charge in [-0.2, -0.15) is 0 Å². The SMILES string of the molecule is COc1cccc(CN(C(=O)CN(c2cc(C)cc(C)c2)S(=O)(=O)c2ccc(C)cc2)C(Cc2ccccc2)C(=O)NC(C)(C)C)c1. The molecule has 2 amide bonds. The molecule has 0 aromatic heterocycles. The highest BCUT2D eigenvalue weighted by Gasteiger charge is 2.35. The summed E-state index contributed by atoms with van der Waals surface area (Å²) in [7, 11) is -2.62. The molecule has 4 aromatic carbocycles. The van der Waals surface area contributed by atoms with E-state index < -0.39 is 34.1 Å². The van der Waals surface area contributed by atoms with Gasteiger partial charge in [-0.1, -0.05) is 66.2 Å². The number of nitrogens with zero attached hydrogens (tertiary/aromatic N) is 2. The van der Waals surface area contributed by atoms with Crippen LogP contribution in [0.4, 0.5) is 5.69 Å². The standard InChI is InChI=1S/C38H45N3O5S/c1-27-16-18-34(19-17-27)47(44,45)41(32-21-28(2)20-29(3)22-32)26-36(42)40(25-31-14-11-15-33(23-31)46-7)35(37(43)39-38(4,5)6)24-30-12-9-8-10-13-30/h8-23,35H,24-26H2,1-7H3,(H,39,43). The van der Waals surface area contributed by atoms with E-state index in [1.807, 2.05) is 96.1 Å². The molecule has 0 aliphatic rings. The molecule has 47 heavy (non-hydrogen) atoms. The highest BCUT2D eigenvalue weighted by molar-refractivity contribution is 7.92. The summed E-state index contributed by atoms with van der Waals surface area (Å²) in [6.45, 7) is 10.8. The van der Waals surface area contributed by atoms with Gasteiger partial charge in [0.2, 0.25) is 11.8 Å². The molecule has 0 saturated heterocycles. The summed E-state index contributed by atoms with van der Waals surface area (Å²) in [5.41, 5.74) is 4.03. The lowest BCUT2D eigenvalue weighted by Crippen LogP contribution is -2.56. The second-order valence-corrected chi connectivity index (χ2v) is 14.9. The zero-order chi connectivity index (χ0) is 34.4. The van der Waals surface area contributed by atoms with Crippen LogP contribution < -0.4 is 14.4 Å². The molecular weight excluding hydrogens is 611 g/mol. The fourth-order valence-corrected chi connectivity index (χ4v) is 6.83. The number of ether oxygens (including phenoxy) is 1. The van der Waals surface area contributed by atoms with E-state index in [0.29, 0.717) is 11.4 Å². The van der Waals surface area contributed by atoms with Gasteiger partial charge >= 0.3 is 0 Å². The van der Waals surface area contributed by atoms with Crippen molar-refractivity contribution in [2.75, 3.05) is 18.0 Å². The number of sulfonamides is 1. The lowest BCUT2D eigenvalue weighted by atomic mass is 10.0. The monoisotopic (exact) mass is 655 g/mol. The van der Waals surface area contributed by atoms with Crippen molar-refractivity contribution < 1.29 is 22.7 Å². The fourth-order valence-electron chi connectivity index (χ4n) is 5.44. The van der Waals surface area contributed by atoms with Crippen LogP contribution in [0.2, 0.25) is 0 Å². The highest BCUT2D eigenvalue weighted by atomic mass is 32.2. The number of hydrogen-bond donors (Lipinski definition) is 1. The second-order valence-electron chi connectivity index (χ2n) is 13.0. The minimum Gasteiger partial charge on any atom is -0.497 e. The third-order valence-electron chi connectivity index (χ3n) is 7.64. The van der Waals surface area contributed by atoms with Crippen molar-refractivity contribution in [3.8, 4) is 5.75 Å². The maximum absolute atomic E-state index is 14.7. The van der Waals surface area contributed by atoms with Crippen molar-refractivity contribution >= 4 is 27.5 Å². The molecule has 0 heterocycles. The van der Waals surface area contributed by atoms with Gasteiger partial charge in [0, 0.05) is 18.5 Å². The number of aryl methyl sites for hydroxylation is 3. The predicted molar refractivity (Wildman–Crippen MR) is 187 cm³/mol. The van der Waals surface area contributed by atoms with Crippen molar-refractivity contribution in [3.05, 3.63) is 125 Å². The van der Waals surface area contributed by atoms with Gasteiger partial charge in [-0.3, -0.25) is 13.9 Å². The molecule has 0 saturated carbocycles. The van der Waals surface area contributed by atoms with E-state index in [0.717, 1.165) is 32.1 Å². The highest BCUT2D eigenvalue weighted by Crippen LogP contribution is 2.28. The largest absolute Gasteiger partial charge is 0.497 e. The van der Waals surface area contributed by atoms with Crippen molar-refractivity contribution in [1.82, 2.24) is 10.2 Å². The normalized spacial score (nSPS) is 12.2. The van der Waals surface area contributed by atoms with E-state index in [4.69, 9.17) is 4.74 Å². The van der Waals surface area contributed by atoms with Gasteiger partial charge in [-0.15, -0.1) is 0 Å². The van der Waals surface area contributed by atoms with Crippen molar-refractivity contribution in [1.29, 1.82) is 0 Å². The Morgan fingerprint density at radius 2 is 1.40 bits per heavy atom. The molecular formula is C38H45N3O5S. The predicted octanol–water partition coefficient (Wildman–Crippen LogP) is 6.37. The minimum atomic E-state index is -4.18. The molecule has 0 spiro atoms. The summed E-state index contributed by atoms with van der Waals surface area (Å²) >= 11 is 0. The number of amides is 2. The van der Waals surface area contributed by atoms with Crippen LogP contribution in [0.25, 0.3) is 0 Å². The first-order valence-electron chi connectivity index (χ1n) is 15.6. The first-order valence-corrected chi connectivity index (χ1v) is 17.1. The van der Waals surface area contributed by atoms with E-state index >= 15 is 0 Å². The molecule has 248 valence electrons. The summed E-state index contributed by atoms with van der Waals surface area (Å²) in [5, 5.41) is 3.06. The Morgan fingerprint density at radius 1 is 0.787 bits per heavy atom. The van der Waals surface area contributed by atoms with Gasteiger partial charge in [0.25, 0.3) is 10.0 Å². The van der Waals surface area contributed by atoms with Gasteiger partial charge in [0.1, 0.15) is 18.3 Å². The molecule has 1 atom stereocenters. The molecule has 0 radical (unpaired) electrons. The third kappa shape index (κ3) is 9.45. The summed E-state index contributed by atoms with van der Waals surface area (Å²) < 4.78 is 35.2. The molecule has 0 aliphatic carbocycles. The number of anilines is 1. The van der Waals surface area contributed by atoms with Crippen LogP contribution in [-0.4, -0.2) is 50.4 Å². The van der Waals surface area contributed by atoms with Crippen LogP contribution in [0.1, 0.15) is 48.6 Å². The Morgan fingerprint density at radius 3 is 2.00 bits per heavy atom. The van der Waals surface area contributed by atoms with Gasteiger partial charge in [0.05, 0.1) is 17.7 Å². The maximum Gasteiger partial charge on any atom is 0.264 e. The third-order valence-corrected chi connectivity index (χ3v) is 9.43. The lowest BCUT2D eigenvalue weighted by molar-refractivity contribution is -0.140. The van der Waals surface area contributed by atoms with Crippen LogP contribution >= 0.6 is 0 Å². The Bertz CT molecular complexity index is 1780. The summed E-state index contributed by atoms with van der Waals surface area (Å²) in [5.74, 6) is -0.253. The van der Waals surface area contributed by atoms with Crippen LogP contribution in [0.15, 0.2) is 102 Å². The van der Waals surface area contributed by atoms with Crippen LogP contribution in [0.5, 0.6) is 5.75 Å². The zero-order valence-corrected chi connectivity index (χ0v) is 29.1. The number of methoxy groups -OCH3 is 1. The number of benzene rings is 4. The maximum atomic E-state index is 14.7. The minimum absolute atomic E-state index is 0.0519. The zero-order valence-electron chi connectivity index (χ0n) is 28.3. The Labute approximate surface area is 279 Å². The van der Waals surface area contributed by atoms with E-state index in [9.17, 15) is 18.0 Å². The van der Waals surface area contributed by atoms with Crippen molar-refractivity contribution in [2.45, 2.75) is 71.0 Å². The van der Waals surface area contributed by atoms with Crippen molar-refractivity contribution in [2.24, 2.45) is 0 Å². The van der Waals surface area contributed by atoms with E-state index in [1.54, 1.807) is 49.6 Å². The van der Waals surface area contributed by atoms with Crippen molar-refractivity contribution in [3.63, 3.8) is 0 Å². The molecule has 8 nitrogen and oxygen atoms in total. The average Bonchev–Trinajstić information content (AvgIpc) is 3.00. The lowest BCUT2D eigenvalue weighted by Gasteiger charge is -2.35. The second kappa shape index (κ2) is 14.9. The first kappa shape index (κ1) is 35.2. The number of nitrogens with one attached hydrogen (secondary N) is 1.